The van der Waals surface area contributed by atoms with Gasteiger partial charge in [0.15, 0.2) is 0 Å². The standard InChI is InChI=1S/C15H21NS/c1-8(2)12-7-17-15-10(5)11(6)16-14(9(3)4)13(12)15/h7-9H,1-6H3. The molecule has 2 heterocycles. The summed E-state index contributed by atoms with van der Waals surface area (Å²) in [6, 6.07) is 0. The van der Waals surface area contributed by atoms with Crippen LogP contribution in [0.1, 0.15) is 62.0 Å². The van der Waals surface area contributed by atoms with Gasteiger partial charge in [-0.15, -0.1) is 11.3 Å². The summed E-state index contributed by atoms with van der Waals surface area (Å²) in [4.78, 5) is 4.82. The van der Waals surface area contributed by atoms with Crippen molar-refractivity contribution in [1.82, 2.24) is 4.98 Å². The van der Waals surface area contributed by atoms with Crippen molar-refractivity contribution < 1.29 is 0 Å². The van der Waals surface area contributed by atoms with Crippen LogP contribution in [0.25, 0.3) is 10.1 Å². The molecule has 0 amide bonds. The summed E-state index contributed by atoms with van der Waals surface area (Å²) in [5.41, 5.74) is 5.26. The lowest BCUT2D eigenvalue weighted by Crippen LogP contribution is -2.00. The van der Waals surface area contributed by atoms with Gasteiger partial charge in [0.25, 0.3) is 0 Å². The van der Waals surface area contributed by atoms with Gasteiger partial charge in [-0.25, -0.2) is 0 Å². The molecule has 0 aliphatic carbocycles. The highest BCUT2D eigenvalue weighted by Crippen LogP contribution is 2.38. The Labute approximate surface area is 108 Å². The van der Waals surface area contributed by atoms with Crippen LogP contribution in [0.3, 0.4) is 0 Å². The molecule has 0 unspecified atom stereocenters. The molecule has 2 aromatic rings. The van der Waals surface area contributed by atoms with Gasteiger partial charge in [-0.1, -0.05) is 27.7 Å². The Hall–Kier alpha value is -0.890. The first-order valence-corrected chi connectivity index (χ1v) is 7.19. The SMILES string of the molecule is Cc1nc(C(C)C)c2c(C(C)C)csc2c1C. The third-order valence-electron chi connectivity index (χ3n) is 3.42. The number of hydrogen-bond acceptors (Lipinski definition) is 2. The molecule has 1 nitrogen and oxygen atoms in total. The van der Waals surface area contributed by atoms with Crippen molar-refractivity contribution in [3.8, 4) is 0 Å². The fourth-order valence-corrected chi connectivity index (χ4v) is 3.54. The van der Waals surface area contributed by atoms with Crippen LogP contribution in [0.15, 0.2) is 5.38 Å². The van der Waals surface area contributed by atoms with Crippen LogP contribution >= 0.6 is 11.3 Å². The monoisotopic (exact) mass is 247 g/mol. The molecular formula is C15H21NS. The molecule has 2 heteroatoms. The van der Waals surface area contributed by atoms with Crippen molar-refractivity contribution in [3.05, 3.63) is 27.9 Å². The highest BCUT2D eigenvalue weighted by molar-refractivity contribution is 7.17. The van der Waals surface area contributed by atoms with E-state index in [2.05, 4.69) is 46.9 Å². The first-order valence-electron chi connectivity index (χ1n) is 6.31. The highest BCUT2D eigenvalue weighted by atomic mass is 32.1. The average Bonchev–Trinajstić information content (AvgIpc) is 2.67. The number of nitrogens with zero attached hydrogens (tertiary/aromatic N) is 1. The Balaban J connectivity index is 2.88. The Bertz CT molecular complexity index is 550. The van der Waals surface area contributed by atoms with E-state index in [0.717, 1.165) is 0 Å². The molecular weight excluding hydrogens is 226 g/mol. The zero-order valence-electron chi connectivity index (χ0n) is 11.6. The fourth-order valence-electron chi connectivity index (χ4n) is 2.24. The summed E-state index contributed by atoms with van der Waals surface area (Å²) >= 11 is 1.87. The van der Waals surface area contributed by atoms with Crippen LogP contribution in [0.5, 0.6) is 0 Å². The predicted octanol–water partition coefficient (Wildman–Crippen LogP) is 5.16. The lowest BCUT2D eigenvalue weighted by atomic mass is 9.95. The largest absolute Gasteiger partial charge is 0.257 e. The van der Waals surface area contributed by atoms with Crippen LogP contribution in [0.2, 0.25) is 0 Å². The molecule has 92 valence electrons. The van der Waals surface area contributed by atoms with Crippen molar-refractivity contribution in [3.63, 3.8) is 0 Å². The molecule has 0 aliphatic heterocycles. The Morgan fingerprint density at radius 1 is 1.06 bits per heavy atom. The molecule has 0 fully saturated rings. The van der Waals surface area contributed by atoms with E-state index in [1.807, 2.05) is 11.3 Å². The second-order valence-corrected chi connectivity index (χ2v) is 6.29. The molecule has 0 spiro atoms. The summed E-state index contributed by atoms with van der Waals surface area (Å²) in [5.74, 6) is 1.06. The number of thiophene rings is 1. The Kier molecular flexibility index (Phi) is 3.26. The Morgan fingerprint density at radius 2 is 1.71 bits per heavy atom. The van der Waals surface area contributed by atoms with E-state index >= 15 is 0 Å². The molecule has 17 heavy (non-hydrogen) atoms. The maximum Gasteiger partial charge on any atom is 0.0522 e. The molecule has 0 saturated heterocycles. The minimum Gasteiger partial charge on any atom is -0.257 e. The number of hydrogen-bond donors (Lipinski definition) is 0. The first-order chi connectivity index (χ1) is 7.93. The Morgan fingerprint density at radius 3 is 2.24 bits per heavy atom. The number of rotatable bonds is 2. The quantitative estimate of drug-likeness (QED) is 0.714. The van der Waals surface area contributed by atoms with E-state index in [0.29, 0.717) is 11.8 Å². The number of aromatic nitrogens is 1. The highest BCUT2D eigenvalue weighted by Gasteiger charge is 2.17. The second-order valence-electron chi connectivity index (χ2n) is 5.41. The number of aryl methyl sites for hydroxylation is 2. The summed E-state index contributed by atoms with van der Waals surface area (Å²) in [6.45, 7) is 13.3. The average molecular weight is 247 g/mol. The van der Waals surface area contributed by atoms with Gasteiger partial charge in [0.05, 0.1) is 5.69 Å². The summed E-state index contributed by atoms with van der Waals surface area (Å²) in [5, 5.41) is 3.73. The normalized spacial score (nSPS) is 12.0. The molecule has 0 aromatic carbocycles. The molecule has 0 radical (unpaired) electrons. The van der Waals surface area contributed by atoms with E-state index < -0.39 is 0 Å². The van der Waals surface area contributed by atoms with Crippen LogP contribution in [-0.4, -0.2) is 4.98 Å². The number of pyridine rings is 1. The van der Waals surface area contributed by atoms with E-state index in [1.165, 1.54) is 32.6 Å². The van der Waals surface area contributed by atoms with Crippen molar-refractivity contribution in [2.24, 2.45) is 0 Å². The van der Waals surface area contributed by atoms with E-state index in [-0.39, 0.29) is 0 Å². The molecule has 0 saturated carbocycles. The van der Waals surface area contributed by atoms with Gasteiger partial charge in [-0.2, -0.15) is 0 Å². The smallest absolute Gasteiger partial charge is 0.0522 e. The van der Waals surface area contributed by atoms with Crippen molar-refractivity contribution in [1.29, 1.82) is 0 Å². The van der Waals surface area contributed by atoms with Crippen LogP contribution in [-0.2, 0) is 0 Å². The maximum absolute atomic E-state index is 4.82. The first kappa shape index (κ1) is 12.6. The van der Waals surface area contributed by atoms with Gasteiger partial charge in [-0.05, 0) is 42.2 Å². The molecule has 0 N–H and O–H groups in total. The van der Waals surface area contributed by atoms with Gasteiger partial charge in [0.1, 0.15) is 0 Å². The molecule has 2 aromatic heterocycles. The summed E-state index contributed by atoms with van der Waals surface area (Å²) < 4.78 is 1.44. The summed E-state index contributed by atoms with van der Waals surface area (Å²) in [6.07, 6.45) is 0. The zero-order valence-corrected chi connectivity index (χ0v) is 12.4. The lowest BCUT2D eigenvalue weighted by Gasteiger charge is -2.13. The third-order valence-corrected chi connectivity index (χ3v) is 4.53. The van der Waals surface area contributed by atoms with Crippen LogP contribution < -0.4 is 0 Å². The third kappa shape index (κ3) is 1.99. The van der Waals surface area contributed by atoms with E-state index in [4.69, 9.17) is 4.98 Å². The van der Waals surface area contributed by atoms with Gasteiger partial charge < -0.3 is 0 Å². The topological polar surface area (TPSA) is 12.9 Å². The molecule has 0 bridgehead atoms. The number of fused-ring (bicyclic) bond motifs is 1. The van der Waals surface area contributed by atoms with Crippen molar-refractivity contribution in [2.45, 2.75) is 53.4 Å². The minimum atomic E-state index is 0.490. The minimum absolute atomic E-state index is 0.490. The van der Waals surface area contributed by atoms with Crippen molar-refractivity contribution >= 4 is 21.4 Å². The second kappa shape index (κ2) is 4.41. The zero-order chi connectivity index (χ0) is 12.7. The van der Waals surface area contributed by atoms with E-state index in [9.17, 15) is 0 Å². The van der Waals surface area contributed by atoms with Gasteiger partial charge in [-0.3, -0.25) is 4.98 Å². The molecule has 2 rings (SSSR count). The summed E-state index contributed by atoms with van der Waals surface area (Å²) in [7, 11) is 0. The maximum atomic E-state index is 4.82. The molecule has 0 atom stereocenters. The molecule has 0 aliphatic rings. The van der Waals surface area contributed by atoms with Gasteiger partial charge in [0, 0.05) is 15.8 Å². The van der Waals surface area contributed by atoms with Gasteiger partial charge >= 0.3 is 0 Å². The van der Waals surface area contributed by atoms with Crippen LogP contribution in [0, 0.1) is 13.8 Å². The van der Waals surface area contributed by atoms with Crippen LogP contribution in [0.4, 0.5) is 0 Å². The van der Waals surface area contributed by atoms with Crippen molar-refractivity contribution in [2.75, 3.05) is 0 Å². The van der Waals surface area contributed by atoms with Gasteiger partial charge in [0.2, 0.25) is 0 Å². The fraction of sp³-hybridized carbons (Fsp3) is 0.533. The predicted molar refractivity (Wildman–Crippen MR) is 77.3 cm³/mol. The van der Waals surface area contributed by atoms with E-state index in [1.54, 1.807) is 0 Å². The lowest BCUT2D eigenvalue weighted by molar-refractivity contribution is 0.817.